The average molecular weight is 499 g/mol. The number of pyridine rings is 1. The number of nitrogens with zero attached hydrogens (tertiary/aromatic N) is 2. The van der Waals surface area contributed by atoms with E-state index in [0.29, 0.717) is 35.8 Å². The van der Waals surface area contributed by atoms with Crippen LogP contribution < -0.4 is 14.9 Å². The number of Topliss-reactive ketones (excluding diaryl/α,β-unsaturated/α-hetero) is 1. The molecule has 32 heavy (non-hydrogen) atoms. The van der Waals surface area contributed by atoms with Crippen LogP contribution in [0.25, 0.3) is 0 Å². The Morgan fingerprint density at radius 2 is 1.81 bits per heavy atom. The van der Waals surface area contributed by atoms with Gasteiger partial charge in [-0.1, -0.05) is 0 Å². The fourth-order valence-electron chi connectivity index (χ4n) is 4.89. The molecule has 1 saturated carbocycles. The Kier molecular flexibility index (Phi) is 4.17. The van der Waals surface area contributed by atoms with Crippen molar-refractivity contribution in [2.45, 2.75) is 24.2 Å². The molecule has 1 spiro atoms. The standard InChI is InChI=1S/C24H18F2N2O3Se/c25-16-6-5-13-15(19(16)26)11-32-18-4-2-1-3-14(18)20(13)28-12-24(8-9-24)23(31)21-22(30)17(29)7-10-27(21)28/h1-7,10,20,30H,8-9,11-12H2/t20-/m1/s1. The Morgan fingerprint density at radius 3 is 2.59 bits per heavy atom. The van der Waals surface area contributed by atoms with Crippen LogP contribution in [0.15, 0.2) is 53.5 Å². The van der Waals surface area contributed by atoms with E-state index in [0.717, 1.165) is 16.1 Å². The molecule has 1 fully saturated rings. The Labute approximate surface area is 188 Å². The number of aromatic hydroxyl groups is 1. The van der Waals surface area contributed by atoms with Gasteiger partial charge in [0.15, 0.2) is 0 Å². The molecule has 0 unspecified atom stereocenters. The normalized spacial score (nSPS) is 20.4. The van der Waals surface area contributed by atoms with Crippen molar-refractivity contribution in [3.63, 3.8) is 0 Å². The summed E-state index contributed by atoms with van der Waals surface area (Å²) in [7, 11) is 0. The van der Waals surface area contributed by atoms with Crippen molar-refractivity contribution >= 4 is 25.2 Å². The van der Waals surface area contributed by atoms with Crippen molar-refractivity contribution in [3.05, 3.63) is 92.9 Å². The summed E-state index contributed by atoms with van der Waals surface area (Å²) in [6.07, 6.45) is 2.81. The van der Waals surface area contributed by atoms with E-state index in [1.54, 1.807) is 6.07 Å². The first-order valence-corrected chi connectivity index (χ1v) is 12.4. The van der Waals surface area contributed by atoms with Gasteiger partial charge < -0.3 is 0 Å². The van der Waals surface area contributed by atoms with Crippen LogP contribution >= 0.6 is 0 Å². The van der Waals surface area contributed by atoms with Gasteiger partial charge >= 0.3 is 188 Å². The molecule has 0 amide bonds. The van der Waals surface area contributed by atoms with E-state index in [-0.39, 0.29) is 26.4 Å². The summed E-state index contributed by atoms with van der Waals surface area (Å²) < 4.78 is 31.7. The second-order valence-electron chi connectivity index (χ2n) is 8.59. The van der Waals surface area contributed by atoms with Gasteiger partial charge in [0, 0.05) is 0 Å². The van der Waals surface area contributed by atoms with Crippen molar-refractivity contribution < 1.29 is 18.7 Å². The molecule has 0 radical (unpaired) electrons. The maximum absolute atomic E-state index is 14.9. The number of rotatable bonds is 1. The third kappa shape index (κ3) is 2.66. The van der Waals surface area contributed by atoms with Crippen LogP contribution in [-0.4, -0.2) is 37.1 Å². The molecule has 162 valence electrons. The number of halogens is 2. The SMILES string of the molecule is O=C1c2c(O)c(=O)ccn2N([C@H]2c3ccccc3[Se]Cc3c2ccc(F)c3F)CC12CC2. The molecular formula is C24H18F2N2O3Se. The number of hydrogen-bond donors (Lipinski definition) is 1. The number of hydrogen-bond acceptors (Lipinski definition) is 4. The molecule has 8 heteroatoms. The van der Waals surface area contributed by atoms with Crippen LogP contribution in [0.2, 0.25) is 0 Å². The van der Waals surface area contributed by atoms with Crippen LogP contribution in [-0.2, 0) is 5.32 Å². The molecule has 0 bridgehead atoms. The van der Waals surface area contributed by atoms with Gasteiger partial charge in [0.2, 0.25) is 0 Å². The van der Waals surface area contributed by atoms with Crippen LogP contribution in [0, 0.1) is 17.0 Å². The number of fused-ring (bicyclic) bond motifs is 3. The van der Waals surface area contributed by atoms with Crippen molar-refractivity contribution in [2.24, 2.45) is 5.41 Å². The van der Waals surface area contributed by atoms with E-state index in [1.165, 1.54) is 16.9 Å². The van der Waals surface area contributed by atoms with Crippen molar-refractivity contribution in [2.75, 3.05) is 11.6 Å². The third-order valence-electron chi connectivity index (χ3n) is 6.76. The first-order valence-electron chi connectivity index (χ1n) is 10.4. The molecule has 3 aromatic rings. The maximum atomic E-state index is 14.9. The predicted octanol–water partition coefficient (Wildman–Crippen LogP) is 2.38. The molecule has 3 heterocycles. The summed E-state index contributed by atoms with van der Waals surface area (Å²) in [6, 6.07) is 11.3. The summed E-state index contributed by atoms with van der Waals surface area (Å²) in [6.45, 7) is 0.367. The van der Waals surface area contributed by atoms with E-state index < -0.39 is 34.3 Å². The Hall–Kier alpha value is -2.96. The van der Waals surface area contributed by atoms with E-state index in [9.17, 15) is 23.5 Å². The van der Waals surface area contributed by atoms with E-state index in [2.05, 4.69) is 0 Å². The van der Waals surface area contributed by atoms with E-state index >= 15 is 0 Å². The zero-order valence-electron chi connectivity index (χ0n) is 16.8. The van der Waals surface area contributed by atoms with Crippen LogP contribution in [0.4, 0.5) is 8.78 Å². The fraction of sp³-hybridized carbons (Fsp3) is 0.250. The topological polar surface area (TPSA) is 62.5 Å². The molecule has 1 aromatic heterocycles. The Balaban J connectivity index is 1.65. The molecule has 1 N–H and O–H groups in total. The zero-order valence-corrected chi connectivity index (χ0v) is 18.6. The second-order valence-corrected chi connectivity index (χ2v) is 10.7. The number of aromatic nitrogens is 1. The Bertz CT molecular complexity index is 1370. The van der Waals surface area contributed by atoms with Gasteiger partial charge in [0.25, 0.3) is 0 Å². The zero-order chi connectivity index (χ0) is 22.2. The van der Waals surface area contributed by atoms with E-state index in [1.807, 2.05) is 29.3 Å². The summed E-state index contributed by atoms with van der Waals surface area (Å²) in [5.74, 6) is -2.51. The molecule has 6 rings (SSSR count). The number of carbonyl (C=O) groups excluding carboxylic acids is 1. The third-order valence-corrected chi connectivity index (χ3v) is 9.10. The molecule has 3 aliphatic rings. The van der Waals surface area contributed by atoms with Gasteiger partial charge in [-0.15, -0.1) is 0 Å². The molecular weight excluding hydrogens is 481 g/mol. The molecule has 5 nitrogen and oxygen atoms in total. The van der Waals surface area contributed by atoms with Crippen molar-refractivity contribution in [3.8, 4) is 5.75 Å². The van der Waals surface area contributed by atoms with Crippen molar-refractivity contribution in [1.29, 1.82) is 0 Å². The molecule has 2 aromatic carbocycles. The quantitative estimate of drug-likeness (QED) is 0.523. The number of benzene rings is 2. The van der Waals surface area contributed by atoms with Gasteiger partial charge in [0.05, 0.1) is 0 Å². The monoisotopic (exact) mass is 500 g/mol. The number of carbonyl (C=O) groups is 1. The minimum absolute atomic E-state index is 0.0300. The van der Waals surface area contributed by atoms with Gasteiger partial charge in [0.1, 0.15) is 0 Å². The van der Waals surface area contributed by atoms with Gasteiger partial charge in [-0.3, -0.25) is 0 Å². The molecule has 1 atom stereocenters. The molecule has 1 aliphatic carbocycles. The fourth-order valence-corrected chi connectivity index (χ4v) is 7.23. The first kappa shape index (κ1) is 19.7. The van der Waals surface area contributed by atoms with Crippen LogP contribution in [0.3, 0.4) is 0 Å². The summed E-state index contributed by atoms with van der Waals surface area (Å²) in [5, 5.41) is 12.9. The van der Waals surface area contributed by atoms with Gasteiger partial charge in [-0.05, 0) is 0 Å². The van der Waals surface area contributed by atoms with Crippen molar-refractivity contribution in [1.82, 2.24) is 4.68 Å². The van der Waals surface area contributed by atoms with E-state index in [4.69, 9.17) is 0 Å². The summed E-state index contributed by atoms with van der Waals surface area (Å²) in [5.41, 5.74) is 0.644. The van der Waals surface area contributed by atoms with Gasteiger partial charge in [-0.2, -0.15) is 0 Å². The molecule has 2 aliphatic heterocycles. The molecule has 0 saturated heterocycles. The van der Waals surface area contributed by atoms with Crippen LogP contribution in [0.5, 0.6) is 5.75 Å². The Morgan fingerprint density at radius 1 is 1.03 bits per heavy atom. The summed E-state index contributed by atoms with van der Waals surface area (Å²) >= 11 is -0.105. The predicted molar refractivity (Wildman–Crippen MR) is 115 cm³/mol. The van der Waals surface area contributed by atoms with Gasteiger partial charge in [-0.25, -0.2) is 0 Å². The van der Waals surface area contributed by atoms with Crippen LogP contribution in [0.1, 0.15) is 46.1 Å². The second kappa shape index (κ2) is 6.77. The average Bonchev–Trinajstić information content (AvgIpc) is 3.58. The first-order chi connectivity index (χ1) is 15.4. The minimum atomic E-state index is -0.876. The summed E-state index contributed by atoms with van der Waals surface area (Å²) in [4.78, 5) is 25.4. The number of ketones is 1.